The highest BCUT2D eigenvalue weighted by atomic mass is 35.5. The SMILES string of the molecule is COCCNC(=O)c1ccccc1NC(=O)c1ccc(Cl)c(S(=O)(=O)Nc2cc(C)ccc2C)c1. The molecule has 0 fully saturated rings. The van der Waals surface area contributed by atoms with Gasteiger partial charge in [0, 0.05) is 19.2 Å². The normalized spacial score (nSPS) is 11.1. The van der Waals surface area contributed by atoms with Crippen LogP contribution in [0.3, 0.4) is 0 Å². The Morgan fingerprint density at radius 2 is 1.69 bits per heavy atom. The van der Waals surface area contributed by atoms with E-state index in [9.17, 15) is 18.0 Å². The van der Waals surface area contributed by atoms with Crippen LogP contribution in [0.1, 0.15) is 31.8 Å². The summed E-state index contributed by atoms with van der Waals surface area (Å²) in [6.07, 6.45) is 0. The number of amides is 2. The Balaban J connectivity index is 1.86. The smallest absolute Gasteiger partial charge is 0.263 e. The van der Waals surface area contributed by atoms with E-state index >= 15 is 0 Å². The zero-order valence-electron chi connectivity index (χ0n) is 19.5. The first-order chi connectivity index (χ1) is 16.6. The first-order valence-corrected chi connectivity index (χ1v) is 12.6. The number of benzene rings is 3. The van der Waals surface area contributed by atoms with Gasteiger partial charge in [0.2, 0.25) is 0 Å². The van der Waals surface area contributed by atoms with Crippen LogP contribution in [-0.2, 0) is 14.8 Å². The van der Waals surface area contributed by atoms with E-state index in [1.54, 1.807) is 37.3 Å². The fourth-order valence-corrected chi connectivity index (χ4v) is 4.89. The summed E-state index contributed by atoms with van der Waals surface area (Å²) in [6.45, 7) is 4.29. The number of sulfonamides is 1. The van der Waals surface area contributed by atoms with Gasteiger partial charge in [0.25, 0.3) is 21.8 Å². The largest absolute Gasteiger partial charge is 0.383 e. The predicted molar refractivity (Wildman–Crippen MR) is 137 cm³/mol. The summed E-state index contributed by atoms with van der Waals surface area (Å²) in [5.74, 6) is -0.975. The van der Waals surface area contributed by atoms with E-state index in [1.807, 2.05) is 19.1 Å². The molecule has 35 heavy (non-hydrogen) atoms. The number of aryl methyl sites for hydroxylation is 2. The van der Waals surface area contributed by atoms with Crippen molar-refractivity contribution >= 4 is 44.8 Å². The summed E-state index contributed by atoms with van der Waals surface area (Å²) < 4.78 is 33.7. The fraction of sp³-hybridized carbons (Fsp3) is 0.200. The van der Waals surface area contributed by atoms with Crippen molar-refractivity contribution < 1.29 is 22.7 Å². The fourth-order valence-electron chi connectivity index (χ4n) is 3.24. The highest BCUT2D eigenvalue weighted by molar-refractivity contribution is 7.92. The molecule has 0 heterocycles. The molecule has 2 amide bonds. The third kappa shape index (κ3) is 6.60. The standard InChI is InChI=1S/C25H26ClN3O5S/c1-16-8-9-17(2)22(14-16)29-35(32,33)23-15-18(10-11-20(23)26)24(30)28-21-7-5-4-6-19(21)25(31)27-12-13-34-3/h4-11,14-15,29H,12-13H2,1-3H3,(H,27,31)(H,28,30). The number of rotatable bonds is 9. The van der Waals surface area contributed by atoms with Gasteiger partial charge in [0.15, 0.2) is 0 Å². The van der Waals surface area contributed by atoms with Crippen molar-refractivity contribution in [2.24, 2.45) is 0 Å². The number of carbonyl (C=O) groups excluding carboxylic acids is 2. The Hall–Kier alpha value is -3.40. The topological polar surface area (TPSA) is 114 Å². The van der Waals surface area contributed by atoms with Crippen molar-refractivity contribution in [3.05, 3.63) is 87.9 Å². The number of ether oxygens (including phenoxy) is 1. The molecular weight excluding hydrogens is 490 g/mol. The van der Waals surface area contributed by atoms with Crippen LogP contribution in [0.5, 0.6) is 0 Å². The Bertz CT molecular complexity index is 1360. The first-order valence-electron chi connectivity index (χ1n) is 10.7. The number of carbonyl (C=O) groups is 2. The summed E-state index contributed by atoms with van der Waals surface area (Å²) in [7, 11) is -2.56. The molecule has 0 aliphatic heterocycles. The van der Waals surface area contributed by atoms with E-state index in [0.717, 1.165) is 11.1 Å². The van der Waals surface area contributed by atoms with E-state index in [-0.39, 0.29) is 32.6 Å². The molecule has 0 aromatic heterocycles. The molecule has 3 aromatic carbocycles. The monoisotopic (exact) mass is 515 g/mol. The van der Waals surface area contributed by atoms with Crippen LogP contribution in [-0.4, -0.2) is 40.5 Å². The van der Waals surface area contributed by atoms with Gasteiger partial charge in [-0.05, 0) is 61.4 Å². The number of anilines is 2. The molecule has 10 heteroatoms. The molecule has 0 aliphatic carbocycles. The maximum Gasteiger partial charge on any atom is 0.263 e. The third-order valence-corrected chi connectivity index (χ3v) is 6.98. The van der Waals surface area contributed by atoms with Crippen LogP contribution in [0.4, 0.5) is 11.4 Å². The second-order valence-electron chi connectivity index (χ2n) is 7.82. The number of methoxy groups -OCH3 is 1. The second kappa shape index (κ2) is 11.4. The van der Waals surface area contributed by atoms with Crippen molar-refractivity contribution in [1.29, 1.82) is 0 Å². The minimum Gasteiger partial charge on any atom is -0.383 e. The van der Waals surface area contributed by atoms with Crippen LogP contribution >= 0.6 is 11.6 Å². The molecule has 184 valence electrons. The predicted octanol–water partition coefficient (Wildman–Crippen LogP) is 4.39. The van der Waals surface area contributed by atoms with Crippen molar-refractivity contribution in [2.75, 3.05) is 30.3 Å². The molecule has 0 spiro atoms. The van der Waals surface area contributed by atoms with E-state index in [4.69, 9.17) is 16.3 Å². The van der Waals surface area contributed by atoms with Gasteiger partial charge in [-0.15, -0.1) is 0 Å². The average molecular weight is 516 g/mol. The zero-order chi connectivity index (χ0) is 25.6. The van der Waals surface area contributed by atoms with Gasteiger partial charge < -0.3 is 15.4 Å². The lowest BCUT2D eigenvalue weighted by Gasteiger charge is -2.14. The number of nitrogens with one attached hydrogen (secondary N) is 3. The van der Waals surface area contributed by atoms with Gasteiger partial charge in [-0.2, -0.15) is 0 Å². The Morgan fingerprint density at radius 3 is 2.43 bits per heavy atom. The van der Waals surface area contributed by atoms with Gasteiger partial charge in [-0.1, -0.05) is 35.9 Å². The van der Waals surface area contributed by atoms with Crippen LogP contribution in [0.2, 0.25) is 5.02 Å². The molecule has 3 rings (SSSR count). The van der Waals surface area contributed by atoms with Crippen molar-refractivity contribution in [3.63, 3.8) is 0 Å². The molecule has 0 aliphatic rings. The quantitative estimate of drug-likeness (QED) is 0.366. The first kappa shape index (κ1) is 26.2. The van der Waals surface area contributed by atoms with Gasteiger partial charge in [0.05, 0.1) is 28.6 Å². The summed E-state index contributed by atoms with van der Waals surface area (Å²) in [5, 5.41) is 5.34. The highest BCUT2D eigenvalue weighted by Gasteiger charge is 2.22. The lowest BCUT2D eigenvalue weighted by molar-refractivity contribution is 0.0938. The van der Waals surface area contributed by atoms with Crippen LogP contribution in [0, 0.1) is 13.8 Å². The lowest BCUT2D eigenvalue weighted by atomic mass is 10.1. The highest BCUT2D eigenvalue weighted by Crippen LogP contribution is 2.27. The number of hydrogen-bond donors (Lipinski definition) is 3. The minimum atomic E-state index is -4.08. The third-order valence-electron chi connectivity index (χ3n) is 5.13. The molecule has 0 unspecified atom stereocenters. The van der Waals surface area contributed by atoms with E-state index in [1.165, 1.54) is 25.3 Å². The van der Waals surface area contributed by atoms with Crippen LogP contribution in [0.25, 0.3) is 0 Å². The minimum absolute atomic E-state index is 0.0303. The maximum atomic E-state index is 13.1. The van der Waals surface area contributed by atoms with E-state index < -0.39 is 15.9 Å². The zero-order valence-corrected chi connectivity index (χ0v) is 21.1. The molecule has 0 atom stereocenters. The summed E-state index contributed by atoms with van der Waals surface area (Å²) in [5.41, 5.74) is 2.65. The van der Waals surface area contributed by atoms with E-state index in [2.05, 4.69) is 15.4 Å². The molecule has 3 aromatic rings. The maximum absolute atomic E-state index is 13.1. The average Bonchev–Trinajstić information content (AvgIpc) is 2.81. The molecule has 0 saturated carbocycles. The number of para-hydroxylation sites is 1. The summed E-state index contributed by atoms with van der Waals surface area (Å²) >= 11 is 6.20. The summed E-state index contributed by atoms with van der Waals surface area (Å²) in [4.78, 5) is 25.2. The van der Waals surface area contributed by atoms with Gasteiger partial charge >= 0.3 is 0 Å². The number of halogens is 1. The molecule has 0 saturated heterocycles. The molecule has 3 N–H and O–H groups in total. The molecule has 0 bridgehead atoms. The Morgan fingerprint density at radius 1 is 0.943 bits per heavy atom. The number of hydrogen-bond acceptors (Lipinski definition) is 5. The summed E-state index contributed by atoms with van der Waals surface area (Å²) in [6, 6.07) is 15.9. The van der Waals surface area contributed by atoms with Crippen LogP contribution in [0.15, 0.2) is 65.6 Å². The van der Waals surface area contributed by atoms with Crippen LogP contribution < -0.4 is 15.4 Å². The lowest BCUT2D eigenvalue weighted by Crippen LogP contribution is -2.28. The van der Waals surface area contributed by atoms with E-state index in [0.29, 0.717) is 18.8 Å². The van der Waals surface area contributed by atoms with Gasteiger partial charge in [-0.3, -0.25) is 14.3 Å². The Kier molecular flexibility index (Phi) is 8.50. The molecule has 8 nitrogen and oxygen atoms in total. The van der Waals surface area contributed by atoms with Gasteiger partial charge in [-0.25, -0.2) is 8.42 Å². The Labute approximate surface area is 209 Å². The molecule has 0 radical (unpaired) electrons. The second-order valence-corrected chi connectivity index (χ2v) is 9.88. The van der Waals surface area contributed by atoms with Gasteiger partial charge in [0.1, 0.15) is 4.90 Å². The van der Waals surface area contributed by atoms with Crippen molar-refractivity contribution in [3.8, 4) is 0 Å². The molecular formula is C25H26ClN3O5S. The van der Waals surface area contributed by atoms with Crippen molar-refractivity contribution in [2.45, 2.75) is 18.7 Å². The van der Waals surface area contributed by atoms with Crippen molar-refractivity contribution in [1.82, 2.24) is 5.32 Å².